The van der Waals surface area contributed by atoms with Gasteiger partial charge in [-0.2, -0.15) is 4.31 Å². The van der Waals surface area contributed by atoms with Gasteiger partial charge in [0.15, 0.2) is 0 Å². The van der Waals surface area contributed by atoms with Crippen LogP contribution < -0.4 is 5.32 Å². The van der Waals surface area contributed by atoms with Crippen molar-refractivity contribution in [3.63, 3.8) is 0 Å². The Morgan fingerprint density at radius 1 is 1.12 bits per heavy atom. The van der Waals surface area contributed by atoms with E-state index in [9.17, 15) is 26.8 Å². The maximum Gasteiger partial charge on any atom is 0.341 e. The number of amides is 1. The van der Waals surface area contributed by atoms with Gasteiger partial charge in [-0.1, -0.05) is 0 Å². The number of benzene rings is 1. The second-order valence-electron chi connectivity index (χ2n) is 8.13. The van der Waals surface area contributed by atoms with Gasteiger partial charge in [-0.05, 0) is 52.7 Å². The number of nitrogens with zero attached hydrogens (tertiary/aromatic N) is 2. The first-order valence-electron chi connectivity index (χ1n) is 11.2. The van der Waals surface area contributed by atoms with Gasteiger partial charge in [0.05, 0.1) is 12.3 Å². The molecule has 1 aliphatic rings. The minimum Gasteiger partial charge on any atom is -0.462 e. The fourth-order valence-corrected chi connectivity index (χ4v) is 6.32. The average Bonchev–Trinajstić information content (AvgIpc) is 3.05. The van der Waals surface area contributed by atoms with Crippen molar-refractivity contribution in [2.45, 2.75) is 52.0 Å². The summed E-state index contributed by atoms with van der Waals surface area (Å²) in [5.41, 5.74) is 0.878. The number of halogens is 2. The van der Waals surface area contributed by atoms with Crippen molar-refractivity contribution in [1.29, 1.82) is 0 Å². The Balaban J connectivity index is 1.80. The molecule has 0 saturated carbocycles. The largest absolute Gasteiger partial charge is 0.462 e. The van der Waals surface area contributed by atoms with Gasteiger partial charge in [0.1, 0.15) is 22.1 Å². The van der Waals surface area contributed by atoms with E-state index in [1.54, 1.807) is 25.3 Å². The fourth-order valence-electron chi connectivity index (χ4n) is 4.40. The lowest BCUT2D eigenvalue weighted by Gasteiger charge is -2.30. The molecule has 8 nitrogen and oxygen atoms in total. The van der Waals surface area contributed by atoms with Crippen molar-refractivity contribution in [2.24, 2.45) is 5.92 Å². The zero-order chi connectivity index (χ0) is 25.2. The summed E-state index contributed by atoms with van der Waals surface area (Å²) in [6.07, 6.45) is 0.435. The molecule has 2 aromatic rings. The lowest BCUT2D eigenvalue weighted by Crippen LogP contribution is -2.42. The Morgan fingerprint density at radius 3 is 2.32 bits per heavy atom. The van der Waals surface area contributed by atoms with E-state index < -0.39 is 39.5 Å². The molecule has 1 N–H and O–H groups in total. The summed E-state index contributed by atoms with van der Waals surface area (Å²) in [4.78, 5) is 25.2. The highest BCUT2D eigenvalue weighted by atomic mass is 32.2. The van der Waals surface area contributed by atoms with E-state index in [0.29, 0.717) is 24.0 Å². The molecule has 11 heteroatoms. The summed E-state index contributed by atoms with van der Waals surface area (Å²) >= 11 is 0. The van der Waals surface area contributed by atoms with Crippen molar-refractivity contribution >= 4 is 27.6 Å². The summed E-state index contributed by atoms with van der Waals surface area (Å²) in [6, 6.07) is 2.86. The number of carbonyl (C=O) groups excluding carboxylic acids is 2. The molecule has 0 unspecified atom stereocenters. The maximum absolute atomic E-state index is 13.9. The molecule has 1 amide bonds. The van der Waals surface area contributed by atoms with Crippen LogP contribution in [-0.4, -0.2) is 48.9 Å². The molecule has 1 fully saturated rings. The Morgan fingerprint density at radius 2 is 1.76 bits per heavy atom. The van der Waals surface area contributed by atoms with Gasteiger partial charge in [-0.25, -0.2) is 22.0 Å². The molecule has 1 saturated heterocycles. The third kappa shape index (κ3) is 4.85. The number of anilines is 1. The Bertz CT molecular complexity index is 1200. The number of nitrogens with one attached hydrogen (secondary N) is 1. The first-order valence-corrected chi connectivity index (χ1v) is 12.6. The van der Waals surface area contributed by atoms with E-state index in [2.05, 4.69) is 5.32 Å². The predicted octanol–water partition coefficient (Wildman–Crippen LogP) is 3.62. The smallest absolute Gasteiger partial charge is 0.341 e. The van der Waals surface area contributed by atoms with Crippen LogP contribution in [0, 0.1) is 31.4 Å². The standard InChI is InChI=1S/C23H29F2N3O5S/c1-5-28-14(3)20(23(30)33-6-2)21(15(28)4)34(31,32)27-11-9-16(10-12-27)22(29)26-19-8-7-17(24)13-18(19)25/h7-8,13,16H,5-6,9-12H2,1-4H3,(H,26,29). The maximum atomic E-state index is 13.9. The quantitative estimate of drug-likeness (QED) is 0.590. The van der Waals surface area contributed by atoms with Gasteiger partial charge < -0.3 is 14.6 Å². The van der Waals surface area contributed by atoms with Crippen LogP contribution in [0.1, 0.15) is 48.4 Å². The normalized spacial score (nSPS) is 15.4. The highest BCUT2D eigenvalue weighted by Gasteiger charge is 2.38. The molecule has 1 aromatic heterocycles. The molecule has 0 bridgehead atoms. The monoisotopic (exact) mass is 497 g/mol. The summed E-state index contributed by atoms with van der Waals surface area (Å²) in [5.74, 6) is -3.32. The minimum atomic E-state index is -4.04. The van der Waals surface area contributed by atoms with E-state index in [1.165, 1.54) is 4.31 Å². The van der Waals surface area contributed by atoms with Crippen LogP contribution in [0.4, 0.5) is 14.5 Å². The number of hydrogen-bond donors (Lipinski definition) is 1. The lowest BCUT2D eigenvalue weighted by atomic mass is 9.97. The van der Waals surface area contributed by atoms with Gasteiger partial charge in [0.25, 0.3) is 0 Å². The molecular formula is C23H29F2N3O5S. The molecule has 34 heavy (non-hydrogen) atoms. The molecule has 2 heterocycles. The first kappa shape index (κ1) is 25.8. The molecule has 0 aliphatic carbocycles. The van der Waals surface area contributed by atoms with E-state index in [0.717, 1.165) is 12.1 Å². The summed E-state index contributed by atoms with van der Waals surface area (Å²) in [7, 11) is -4.04. The number of hydrogen-bond acceptors (Lipinski definition) is 5. The Hall–Kier alpha value is -2.79. The van der Waals surface area contributed by atoms with Crippen molar-refractivity contribution < 1.29 is 31.5 Å². The first-order chi connectivity index (χ1) is 16.0. The number of sulfonamides is 1. The highest BCUT2D eigenvalue weighted by Crippen LogP contribution is 2.33. The van der Waals surface area contributed by atoms with Crippen LogP contribution >= 0.6 is 0 Å². The lowest BCUT2D eigenvalue weighted by molar-refractivity contribution is -0.120. The van der Waals surface area contributed by atoms with Gasteiger partial charge >= 0.3 is 5.97 Å². The third-order valence-electron chi connectivity index (χ3n) is 6.13. The predicted molar refractivity (Wildman–Crippen MR) is 122 cm³/mol. The second-order valence-corrected chi connectivity index (χ2v) is 10.0. The van der Waals surface area contributed by atoms with Crippen molar-refractivity contribution in [2.75, 3.05) is 25.0 Å². The third-order valence-corrected chi connectivity index (χ3v) is 8.20. The zero-order valence-electron chi connectivity index (χ0n) is 19.7. The van der Waals surface area contributed by atoms with Gasteiger partial charge in [-0.15, -0.1) is 0 Å². The van der Waals surface area contributed by atoms with E-state index in [-0.39, 0.29) is 48.7 Å². The van der Waals surface area contributed by atoms with Gasteiger partial charge in [-0.3, -0.25) is 4.79 Å². The van der Waals surface area contributed by atoms with E-state index in [1.807, 2.05) is 6.92 Å². The topological polar surface area (TPSA) is 97.7 Å². The minimum absolute atomic E-state index is 0.0350. The molecule has 1 aliphatic heterocycles. The summed E-state index contributed by atoms with van der Waals surface area (Å²) in [5, 5.41) is 2.44. The number of ether oxygens (including phenoxy) is 1. The van der Waals surface area contributed by atoms with Crippen LogP contribution in [0.25, 0.3) is 0 Å². The molecule has 0 atom stereocenters. The molecule has 186 valence electrons. The van der Waals surface area contributed by atoms with Crippen LogP contribution in [0.3, 0.4) is 0 Å². The van der Waals surface area contributed by atoms with Crippen molar-refractivity contribution in [3.8, 4) is 0 Å². The average molecular weight is 498 g/mol. The highest BCUT2D eigenvalue weighted by molar-refractivity contribution is 7.89. The number of piperidine rings is 1. The molecule has 0 spiro atoms. The van der Waals surface area contributed by atoms with Crippen LogP contribution in [-0.2, 0) is 26.1 Å². The van der Waals surface area contributed by atoms with Crippen LogP contribution in [0.15, 0.2) is 23.1 Å². The van der Waals surface area contributed by atoms with Crippen LogP contribution in [0.2, 0.25) is 0 Å². The van der Waals surface area contributed by atoms with Gasteiger partial charge in [0.2, 0.25) is 15.9 Å². The SMILES string of the molecule is CCOC(=O)c1c(S(=O)(=O)N2CCC(C(=O)Nc3ccc(F)cc3F)CC2)c(C)n(CC)c1C. The number of esters is 1. The van der Waals surface area contributed by atoms with Crippen molar-refractivity contribution in [1.82, 2.24) is 8.87 Å². The molecule has 1 aromatic carbocycles. The van der Waals surface area contributed by atoms with Crippen LogP contribution in [0.5, 0.6) is 0 Å². The van der Waals surface area contributed by atoms with E-state index >= 15 is 0 Å². The fraction of sp³-hybridized carbons (Fsp3) is 0.478. The molecule has 3 rings (SSSR count). The summed E-state index contributed by atoms with van der Waals surface area (Å²) < 4.78 is 62.3. The number of aromatic nitrogens is 1. The number of rotatable bonds is 7. The second kappa shape index (κ2) is 10.2. The number of carbonyl (C=O) groups is 2. The van der Waals surface area contributed by atoms with Gasteiger partial charge in [0, 0.05) is 43.0 Å². The van der Waals surface area contributed by atoms with E-state index in [4.69, 9.17) is 4.74 Å². The Labute approximate surface area is 197 Å². The molecular weight excluding hydrogens is 468 g/mol. The Kier molecular flexibility index (Phi) is 7.77. The zero-order valence-corrected chi connectivity index (χ0v) is 20.5. The molecule has 0 radical (unpaired) electrons. The van der Waals surface area contributed by atoms with Crippen molar-refractivity contribution in [3.05, 3.63) is 46.8 Å². The summed E-state index contributed by atoms with van der Waals surface area (Å²) in [6.45, 7) is 7.58.